The molecule has 4 aliphatic carbocycles. The van der Waals surface area contributed by atoms with Gasteiger partial charge in [0.2, 0.25) is 26.0 Å². The lowest BCUT2D eigenvalue weighted by Gasteiger charge is -2.41. The van der Waals surface area contributed by atoms with Crippen LogP contribution < -0.4 is 20.1 Å². The third kappa shape index (κ3) is 6.80. The first-order valence-electron chi connectivity index (χ1n) is 21.7. The normalized spacial score (nSPS) is 27.6. The van der Waals surface area contributed by atoms with Crippen LogP contribution in [0.2, 0.25) is 0 Å². The van der Waals surface area contributed by atoms with Gasteiger partial charge in [0.15, 0.2) is 5.25 Å². The minimum absolute atomic E-state index is 0.0543. The van der Waals surface area contributed by atoms with Crippen molar-refractivity contribution in [3.8, 4) is 0 Å². The lowest BCUT2D eigenvalue weighted by molar-refractivity contribution is -0.128. The summed E-state index contributed by atoms with van der Waals surface area (Å²) in [5, 5.41) is 4.18. The Balaban J connectivity index is 0.967. The number of carbonyl (C=O) groups is 3. The molecule has 0 spiro atoms. The Bertz CT molecular complexity index is 2280. The number of hydrogen-bond donors (Lipinski definition) is 4. The molecule has 0 radical (unpaired) electrons. The number of piperidine rings is 1. The van der Waals surface area contributed by atoms with Crippen LogP contribution in [0.15, 0.2) is 12.1 Å². The average Bonchev–Trinajstić information content (AvgIpc) is 4.00. The highest BCUT2D eigenvalue weighted by Gasteiger charge is 2.47. The smallest absolute Gasteiger partial charge is 0.332 e. The SMILES string of the molecule is CC(C)N1CCC(S(=O)(=O)NC(=O)Nc2c3c(cc4c2C(C2CCc5c2cc2c(c5NC(=O)NS(=O)(=O)C5CC6CC[C@H](C5)N6C(C)C)CCC2)CC4)CCC3)C1=O. The van der Waals surface area contributed by atoms with Gasteiger partial charge >= 0.3 is 12.1 Å². The van der Waals surface area contributed by atoms with Crippen LogP contribution in [0.25, 0.3) is 0 Å². The number of fused-ring (bicyclic) bond motifs is 6. The van der Waals surface area contributed by atoms with Gasteiger partial charge in [0.1, 0.15) is 0 Å². The molecule has 58 heavy (non-hydrogen) atoms. The second-order valence-electron chi connectivity index (χ2n) is 18.5. The fourth-order valence-corrected chi connectivity index (χ4v) is 15.0. The Hall–Kier alpha value is -3.69. The maximum atomic E-state index is 13.7. The average molecular weight is 835 g/mol. The first-order valence-corrected chi connectivity index (χ1v) is 24.8. The topological polar surface area (TPSA) is 174 Å². The minimum atomic E-state index is -4.27. The van der Waals surface area contributed by atoms with E-state index in [0.29, 0.717) is 31.1 Å². The van der Waals surface area contributed by atoms with Crippen LogP contribution in [0.4, 0.5) is 21.0 Å². The number of aryl methyl sites for hydroxylation is 3. The Kier molecular flexibility index (Phi) is 10.1. The van der Waals surface area contributed by atoms with Crippen LogP contribution in [-0.4, -0.2) is 85.8 Å². The van der Waals surface area contributed by atoms with E-state index >= 15 is 0 Å². The predicted molar refractivity (Wildman–Crippen MR) is 223 cm³/mol. The van der Waals surface area contributed by atoms with Gasteiger partial charge in [-0.05, 0) is 180 Å². The fourth-order valence-electron chi connectivity index (χ4n) is 12.3. The summed E-state index contributed by atoms with van der Waals surface area (Å²) in [5.74, 6) is -0.329. The van der Waals surface area contributed by atoms with E-state index in [1.165, 1.54) is 27.2 Å². The van der Waals surface area contributed by atoms with Gasteiger partial charge in [0.05, 0.1) is 5.25 Å². The molecule has 9 rings (SSSR count). The van der Waals surface area contributed by atoms with Crippen LogP contribution in [-0.2, 0) is 63.4 Å². The molecule has 3 aliphatic heterocycles. The largest absolute Gasteiger partial charge is 0.339 e. The number of sulfonamides is 2. The van der Waals surface area contributed by atoms with Crippen molar-refractivity contribution < 1.29 is 31.2 Å². The molecule has 6 atom stereocenters. The number of amides is 5. The standard InChI is InChI=1S/C43H58N6O7S2/c1-23(2)48-18-17-37(41(48)50)58(55,56)47-43(52)45-40-32-10-5-7-25(32)19-27-11-14-34(38(27)40)33-15-16-35-36(33)20-26-8-6-9-31(26)39(35)44-42(51)46-57(53,54)30-21-28-12-13-29(22-30)49(28)24(3)4/h19-20,23-24,28-30,33-34,37H,5-18,21-22H2,1-4H3,(H2,44,46,51)(H2,45,47,52)/t28-,29?,30?,33?,34?,37?/m1/s1. The van der Waals surface area contributed by atoms with Crippen molar-refractivity contribution >= 4 is 49.4 Å². The first kappa shape index (κ1) is 39.8. The van der Waals surface area contributed by atoms with Crippen molar-refractivity contribution in [2.45, 2.75) is 171 Å². The number of hydrogen-bond acceptors (Lipinski definition) is 8. The maximum Gasteiger partial charge on any atom is 0.332 e. The maximum absolute atomic E-state index is 13.7. The predicted octanol–water partition coefficient (Wildman–Crippen LogP) is 5.74. The molecule has 5 unspecified atom stereocenters. The molecule has 0 saturated carbocycles. The van der Waals surface area contributed by atoms with E-state index in [9.17, 15) is 31.2 Å². The number of likely N-dealkylation sites (tertiary alicyclic amines) is 1. The summed E-state index contributed by atoms with van der Waals surface area (Å²) in [6.07, 6.45) is 11.7. The molecule has 0 aromatic heterocycles. The third-order valence-electron chi connectivity index (χ3n) is 14.7. The molecule has 2 bridgehead atoms. The molecule has 7 aliphatic rings. The number of anilines is 2. The number of nitrogens with one attached hydrogen (secondary N) is 4. The van der Waals surface area contributed by atoms with E-state index < -0.39 is 48.5 Å². The summed E-state index contributed by atoms with van der Waals surface area (Å²) in [5.41, 5.74) is 10.4. The molecule has 15 heteroatoms. The highest BCUT2D eigenvalue weighted by atomic mass is 32.2. The van der Waals surface area contributed by atoms with Crippen LogP contribution in [0.3, 0.4) is 0 Å². The van der Waals surface area contributed by atoms with E-state index in [4.69, 9.17) is 0 Å². The summed E-state index contributed by atoms with van der Waals surface area (Å²) in [6, 6.07) is 3.72. The summed E-state index contributed by atoms with van der Waals surface area (Å²) in [4.78, 5) is 44.3. The summed E-state index contributed by atoms with van der Waals surface area (Å²) in [7, 11) is -8.16. The van der Waals surface area contributed by atoms with Crippen LogP contribution in [0.1, 0.15) is 142 Å². The van der Waals surface area contributed by atoms with Crippen molar-refractivity contribution in [2.24, 2.45) is 0 Å². The minimum Gasteiger partial charge on any atom is -0.339 e. The van der Waals surface area contributed by atoms with Crippen LogP contribution in [0.5, 0.6) is 0 Å². The quantitative estimate of drug-likeness (QED) is 0.248. The van der Waals surface area contributed by atoms with E-state index in [0.717, 1.165) is 105 Å². The van der Waals surface area contributed by atoms with Gasteiger partial charge in [-0.15, -0.1) is 0 Å². The van der Waals surface area contributed by atoms with Crippen molar-refractivity contribution in [1.29, 1.82) is 0 Å². The Labute approximate surface area is 342 Å². The van der Waals surface area contributed by atoms with Gasteiger partial charge in [-0.2, -0.15) is 0 Å². The summed E-state index contributed by atoms with van der Waals surface area (Å²) >= 11 is 0. The van der Waals surface area contributed by atoms with Crippen LogP contribution >= 0.6 is 0 Å². The zero-order valence-corrected chi connectivity index (χ0v) is 35.8. The lowest BCUT2D eigenvalue weighted by Crippen LogP contribution is -2.52. The van der Waals surface area contributed by atoms with Crippen molar-refractivity contribution in [2.75, 3.05) is 17.2 Å². The van der Waals surface area contributed by atoms with Crippen molar-refractivity contribution in [1.82, 2.24) is 19.2 Å². The number of rotatable bonds is 9. The van der Waals surface area contributed by atoms with Gasteiger partial charge < -0.3 is 15.5 Å². The molecule has 3 saturated heterocycles. The molecule has 4 N–H and O–H groups in total. The molecule has 5 amide bonds. The van der Waals surface area contributed by atoms with Gasteiger partial charge in [-0.3, -0.25) is 9.69 Å². The second-order valence-corrected chi connectivity index (χ2v) is 22.4. The third-order valence-corrected chi connectivity index (χ3v) is 18.1. The van der Waals surface area contributed by atoms with E-state index in [-0.39, 0.29) is 36.4 Å². The molecular formula is C43H58N6O7S2. The summed E-state index contributed by atoms with van der Waals surface area (Å²) in [6.45, 7) is 8.35. The monoisotopic (exact) mass is 834 g/mol. The van der Waals surface area contributed by atoms with E-state index in [1.54, 1.807) is 0 Å². The number of benzene rings is 2. The number of urea groups is 2. The Morgan fingerprint density at radius 3 is 1.90 bits per heavy atom. The van der Waals surface area contributed by atoms with Crippen molar-refractivity contribution in [3.05, 3.63) is 56.6 Å². The fraction of sp³-hybridized carbons (Fsp3) is 0.651. The lowest BCUT2D eigenvalue weighted by atomic mass is 9.81. The second kappa shape index (κ2) is 14.8. The molecular weight excluding hydrogens is 777 g/mol. The zero-order chi connectivity index (χ0) is 40.8. The van der Waals surface area contributed by atoms with Crippen LogP contribution in [0, 0.1) is 0 Å². The molecule has 3 heterocycles. The first-order chi connectivity index (χ1) is 27.6. The molecule has 314 valence electrons. The highest BCUT2D eigenvalue weighted by molar-refractivity contribution is 7.91. The van der Waals surface area contributed by atoms with E-state index in [1.807, 2.05) is 13.8 Å². The van der Waals surface area contributed by atoms with Gasteiger partial charge in [0, 0.05) is 42.1 Å². The molecule has 13 nitrogen and oxygen atoms in total. The van der Waals surface area contributed by atoms with Crippen molar-refractivity contribution in [3.63, 3.8) is 0 Å². The summed E-state index contributed by atoms with van der Waals surface area (Å²) < 4.78 is 58.9. The number of nitrogens with zero attached hydrogens (tertiary/aromatic N) is 2. The van der Waals surface area contributed by atoms with E-state index in [2.05, 4.69) is 51.0 Å². The highest BCUT2D eigenvalue weighted by Crippen LogP contribution is 2.55. The molecule has 2 aromatic rings. The molecule has 3 fully saturated rings. The zero-order valence-electron chi connectivity index (χ0n) is 34.2. The number of carbonyl (C=O) groups excluding carboxylic acids is 3. The van der Waals surface area contributed by atoms with Gasteiger partial charge in [-0.25, -0.2) is 35.9 Å². The molecule has 2 aromatic carbocycles. The van der Waals surface area contributed by atoms with Gasteiger partial charge in [0.25, 0.3) is 0 Å². The Morgan fingerprint density at radius 1 is 0.655 bits per heavy atom. The van der Waals surface area contributed by atoms with Gasteiger partial charge in [-0.1, -0.05) is 12.1 Å². The Morgan fingerprint density at radius 2 is 1.26 bits per heavy atom.